The summed E-state index contributed by atoms with van der Waals surface area (Å²) in [4.78, 5) is 0. The van der Waals surface area contributed by atoms with Gasteiger partial charge < -0.3 is 10.4 Å². The van der Waals surface area contributed by atoms with E-state index >= 15 is 0 Å². The molecule has 19 heavy (non-hydrogen) atoms. The fourth-order valence-electron chi connectivity index (χ4n) is 1.53. The van der Waals surface area contributed by atoms with E-state index in [2.05, 4.69) is 5.32 Å². The summed E-state index contributed by atoms with van der Waals surface area (Å²) in [6.45, 7) is -0.0446. The third-order valence-electron chi connectivity index (χ3n) is 2.52. The van der Waals surface area contributed by atoms with Crippen molar-refractivity contribution in [3.8, 4) is 5.75 Å². The Labute approximate surface area is 106 Å². The van der Waals surface area contributed by atoms with E-state index in [1.54, 1.807) is 0 Å². The summed E-state index contributed by atoms with van der Waals surface area (Å²) in [6.07, 6.45) is 0. The number of anilines is 1. The Morgan fingerprint density at radius 1 is 0.895 bits per heavy atom. The van der Waals surface area contributed by atoms with Gasteiger partial charge in [0.25, 0.3) is 0 Å². The summed E-state index contributed by atoms with van der Waals surface area (Å²) in [5.74, 6) is -5.84. The van der Waals surface area contributed by atoms with Crippen LogP contribution in [0.2, 0.25) is 0 Å². The van der Waals surface area contributed by atoms with Gasteiger partial charge in [0, 0.05) is 12.6 Å². The molecule has 0 unspecified atom stereocenters. The quantitative estimate of drug-likeness (QED) is 0.661. The molecule has 0 aliphatic heterocycles. The van der Waals surface area contributed by atoms with Gasteiger partial charge in [-0.1, -0.05) is 12.1 Å². The van der Waals surface area contributed by atoms with Crippen LogP contribution in [0.25, 0.3) is 0 Å². The van der Waals surface area contributed by atoms with Crippen molar-refractivity contribution in [1.29, 1.82) is 0 Å². The second-order valence-electron chi connectivity index (χ2n) is 3.86. The summed E-state index contributed by atoms with van der Waals surface area (Å²) in [7, 11) is 0. The normalized spacial score (nSPS) is 10.5. The summed E-state index contributed by atoms with van der Waals surface area (Å²) in [5, 5.41) is 11.4. The lowest BCUT2D eigenvalue weighted by atomic mass is 10.2. The first-order chi connectivity index (χ1) is 8.99. The highest BCUT2D eigenvalue weighted by atomic mass is 19.2. The molecule has 0 aromatic heterocycles. The van der Waals surface area contributed by atoms with Crippen LogP contribution in [0.15, 0.2) is 30.3 Å². The van der Waals surface area contributed by atoms with E-state index in [0.717, 1.165) is 0 Å². The topological polar surface area (TPSA) is 32.3 Å². The van der Waals surface area contributed by atoms with Crippen LogP contribution in [0.1, 0.15) is 5.56 Å². The maximum atomic E-state index is 13.3. The van der Waals surface area contributed by atoms with E-state index in [1.807, 2.05) is 0 Å². The van der Waals surface area contributed by atoms with Gasteiger partial charge in [-0.3, -0.25) is 0 Å². The maximum absolute atomic E-state index is 13.3. The van der Waals surface area contributed by atoms with Crippen LogP contribution < -0.4 is 5.32 Å². The number of hydrogen-bond acceptors (Lipinski definition) is 2. The van der Waals surface area contributed by atoms with Gasteiger partial charge in [0.05, 0.1) is 0 Å². The van der Waals surface area contributed by atoms with Crippen LogP contribution in [-0.4, -0.2) is 5.11 Å². The predicted octanol–water partition coefficient (Wildman–Crippen LogP) is 3.56. The molecule has 0 saturated heterocycles. The first kappa shape index (κ1) is 13.2. The highest BCUT2D eigenvalue weighted by Crippen LogP contribution is 2.24. The molecule has 0 atom stereocenters. The molecule has 0 saturated carbocycles. The first-order valence-corrected chi connectivity index (χ1v) is 5.34. The van der Waals surface area contributed by atoms with Gasteiger partial charge >= 0.3 is 0 Å². The molecule has 0 aliphatic rings. The maximum Gasteiger partial charge on any atom is 0.185 e. The lowest BCUT2D eigenvalue weighted by Crippen LogP contribution is -2.07. The molecule has 0 heterocycles. The molecule has 0 bridgehead atoms. The molecule has 100 valence electrons. The first-order valence-electron chi connectivity index (χ1n) is 5.34. The van der Waals surface area contributed by atoms with Gasteiger partial charge in [-0.2, -0.15) is 0 Å². The molecule has 6 heteroatoms. The van der Waals surface area contributed by atoms with Crippen molar-refractivity contribution in [1.82, 2.24) is 0 Å². The average Bonchev–Trinajstić information content (AvgIpc) is 2.38. The average molecular weight is 271 g/mol. The minimum Gasteiger partial charge on any atom is -0.508 e. The van der Waals surface area contributed by atoms with Crippen molar-refractivity contribution in [2.45, 2.75) is 6.54 Å². The molecular weight excluding hydrogens is 262 g/mol. The summed E-state index contributed by atoms with van der Waals surface area (Å²) >= 11 is 0. The van der Waals surface area contributed by atoms with E-state index < -0.39 is 29.0 Å². The van der Waals surface area contributed by atoms with Crippen molar-refractivity contribution in [2.75, 3.05) is 5.32 Å². The van der Waals surface area contributed by atoms with Crippen molar-refractivity contribution >= 4 is 5.69 Å². The number of benzene rings is 2. The minimum absolute atomic E-state index is 0.0397. The molecule has 2 nitrogen and oxygen atoms in total. The Hall–Kier alpha value is -2.24. The Bertz CT molecular complexity index is 572. The van der Waals surface area contributed by atoms with Gasteiger partial charge in [0.2, 0.25) is 0 Å². The molecule has 2 rings (SSSR count). The van der Waals surface area contributed by atoms with E-state index in [4.69, 9.17) is 5.11 Å². The van der Waals surface area contributed by atoms with Gasteiger partial charge in [-0.05, 0) is 17.7 Å². The number of hydrogen-bond donors (Lipinski definition) is 2. The van der Waals surface area contributed by atoms with Crippen molar-refractivity contribution in [3.63, 3.8) is 0 Å². The zero-order valence-electron chi connectivity index (χ0n) is 9.55. The number of phenolic OH excluding ortho intramolecular Hbond substituents is 1. The van der Waals surface area contributed by atoms with E-state index in [1.165, 1.54) is 24.3 Å². The van der Waals surface area contributed by atoms with E-state index in [9.17, 15) is 17.6 Å². The highest BCUT2D eigenvalue weighted by molar-refractivity contribution is 5.47. The van der Waals surface area contributed by atoms with Gasteiger partial charge in [-0.25, -0.2) is 17.6 Å². The third-order valence-corrected chi connectivity index (χ3v) is 2.52. The summed E-state index contributed by atoms with van der Waals surface area (Å²) in [6, 6.07) is 5.93. The molecule has 2 N–H and O–H groups in total. The molecule has 2 aromatic rings. The largest absolute Gasteiger partial charge is 0.508 e. The standard InChI is InChI=1S/C13H9F4NO/c14-9-5-10(15)12(17)13(11(9)16)18-6-7-1-3-8(19)4-2-7/h1-5,18-19H,6H2. The number of phenols is 1. The van der Waals surface area contributed by atoms with Crippen molar-refractivity contribution < 1.29 is 22.7 Å². The van der Waals surface area contributed by atoms with Gasteiger partial charge in [0.15, 0.2) is 23.3 Å². The number of rotatable bonds is 3. The molecule has 2 aromatic carbocycles. The van der Waals surface area contributed by atoms with Crippen LogP contribution in [-0.2, 0) is 6.54 Å². The van der Waals surface area contributed by atoms with E-state index in [-0.39, 0.29) is 18.4 Å². The van der Waals surface area contributed by atoms with Crippen LogP contribution in [0.4, 0.5) is 23.2 Å². The molecule has 0 aliphatic carbocycles. The zero-order valence-corrected chi connectivity index (χ0v) is 9.55. The van der Waals surface area contributed by atoms with Crippen molar-refractivity contribution in [2.24, 2.45) is 0 Å². The smallest absolute Gasteiger partial charge is 0.185 e. The predicted molar refractivity (Wildman–Crippen MR) is 61.7 cm³/mol. The molecular formula is C13H9F4NO. The Balaban J connectivity index is 2.22. The van der Waals surface area contributed by atoms with Gasteiger partial charge in [0.1, 0.15) is 11.4 Å². The Kier molecular flexibility index (Phi) is 3.59. The summed E-state index contributed by atoms with van der Waals surface area (Å²) in [5.41, 5.74) is -0.271. The Morgan fingerprint density at radius 2 is 1.42 bits per heavy atom. The highest BCUT2D eigenvalue weighted by Gasteiger charge is 2.18. The van der Waals surface area contributed by atoms with Crippen LogP contribution in [0.5, 0.6) is 5.75 Å². The van der Waals surface area contributed by atoms with Crippen LogP contribution in [0.3, 0.4) is 0 Å². The second kappa shape index (κ2) is 5.17. The Morgan fingerprint density at radius 3 is 1.95 bits per heavy atom. The molecule has 0 fully saturated rings. The van der Waals surface area contributed by atoms with Crippen LogP contribution >= 0.6 is 0 Å². The number of halogens is 4. The van der Waals surface area contributed by atoms with Gasteiger partial charge in [-0.15, -0.1) is 0 Å². The third kappa shape index (κ3) is 2.78. The second-order valence-corrected chi connectivity index (χ2v) is 3.86. The minimum atomic E-state index is -1.47. The monoisotopic (exact) mass is 271 g/mol. The lowest BCUT2D eigenvalue weighted by molar-refractivity contribution is 0.458. The number of aromatic hydroxyl groups is 1. The van der Waals surface area contributed by atoms with Crippen LogP contribution in [0, 0.1) is 23.3 Å². The fraction of sp³-hybridized carbons (Fsp3) is 0.0769. The molecule has 0 amide bonds. The van der Waals surface area contributed by atoms with E-state index in [0.29, 0.717) is 5.56 Å². The summed E-state index contributed by atoms with van der Waals surface area (Å²) < 4.78 is 52.5. The zero-order chi connectivity index (χ0) is 14.0. The lowest BCUT2D eigenvalue weighted by Gasteiger charge is -2.10. The fourth-order valence-corrected chi connectivity index (χ4v) is 1.53. The van der Waals surface area contributed by atoms with Crippen molar-refractivity contribution in [3.05, 3.63) is 59.2 Å². The number of nitrogens with one attached hydrogen (secondary N) is 1. The SMILES string of the molecule is Oc1ccc(CNc2c(F)c(F)cc(F)c2F)cc1. The molecule has 0 spiro atoms. The molecule has 0 radical (unpaired) electrons.